The summed E-state index contributed by atoms with van der Waals surface area (Å²) < 4.78 is 2.80. The average molecular weight is 312 g/mol. The van der Waals surface area contributed by atoms with E-state index in [0.29, 0.717) is 5.56 Å². The van der Waals surface area contributed by atoms with Crippen LogP contribution in [0.4, 0.5) is 0 Å². The highest BCUT2D eigenvalue weighted by Crippen LogP contribution is 2.35. The molecule has 0 saturated carbocycles. The van der Waals surface area contributed by atoms with Crippen LogP contribution >= 0.6 is 15.9 Å². The van der Waals surface area contributed by atoms with E-state index in [1.165, 1.54) is 0 Å². The molecule has 4 nitrogen and oxygen atoms in total. The minimum Gasteiger partial charge on any atom is -0.479 e. The second-order valence-corrected chi connectivity index (χ2v) is 4.97. The van der Waals surface area contributed by atoms with Crippen molar-refractivity contribution in [3.63, 3.8) is 0 Å². The Hall–Kier alpha value is -1.33. The number of carboxylic acid groups (broad SMARTS) is 1. The second kappa shape index (κ2) is 4.74. The van der Waals surface area contributed by atoms with Gasteiger partial charge in [0.1, 0.15) is 0 Å². The van der Waals surface area contributed by atoms with Crippen LogP contribution in [0.25, 0.3) is 10.9 Å². The monoisotopic (exact) mass is 311 g/mol. The van der Waals surface area contributed by atoms with Crippen molar-refractivity contribution in [2.75, 3.05) is 0 Å². The van der Waals surface area contributed by atoms with Gasteiger partial charge in [-0.25, -0.2) is 4.79 Å². The molecule has 0 amide bonds. The van der Waals surface area contributed by atoms with E-state index in [2.05, 4.69) is 15.9 Å². The second-order valence-electron chi connectivity index (χ2n) is 4.12. The molecule has 1 aromatic heterocycles. The van der Waals surface area contributed by atoms with Crippen molar-refractivity contribution < 1.29 is 15.0 Å². The highest BCUT2D eigenvalue weighted by molar-refractivity contribution is 9.10. The van der Waals surface area contributed by atoms with Crippen molar-refractivity contribution in [3.05, 3.63) is 33.9 Å². The molecule has 2 rings (SSSR count). The van der Waals surface area contributed by atoms with Crippen molar-refractivity contribution >= 4 is 32.8 Å². The molecule has 1 heterocycles. The van der Waals surface area contributed by atoms with Gasteiger partial charge in [0.05, 0.1) is 0 Å². The number of carboxylic acids is 1. The van der Waals surface area contributed by atoms with Crippen molar-refractivity contribution in [1.82, 2.24) is 4.57 Å². The molecule has 0 bridgehead atoms. The number of fused-ring (bicyclic) bond motifs is 1. The van der Waals surface area contributed by atoms with Crippen LogP contribution in [0.2, 0.25) is 0 Å². The van der Waals surface area contributed by atoms with Gasteiger partial charge < -0.3 is 14.8 Å². The van der Waals surface area contributed by atoms with Crippen LogP contribution in [0.15, 0.2) is 22.7 Å². The first-order valence-corrected chi connectivity index (χ1v) is 6.46. The first-order valence-electron chi connectivity index (χ1n) is 5.67. The van der Waals surface area contributed by atoms with Crippen LogP contribution in [-0.2, 0) is 11.3 Å². The molecule has 1 atom stereocenters. The number of aliphatic hydroxyl groups is 1. The number of aliphatic carboxylic acids is 1. The van der Waals surface area contributed by atoms with E-state index in [1.807, 2.05) is 36.6 Å². The molecule has 0 radical (unpaired) electrons. The topological polar surface area (TPSA) is 62.5 Å². The molecular formula is C13H14BrNO3. The molecule has 1 unspecified atom stereocenters. The lowest BCUT2D eigenvalue weighted by atomic mass is 10.1. The highest BCUT2D eigenvalue weighted by Gasteiger charge is 2.25. The first-order chi connectivity index (χ1) is 8.49. The Morgan fingerprint density at radius 3 is 2.72 bits per heavy atom. The third-order valence-corrected chi connectivity index (χ3v) is 3.83. The average Bonchev–Trinajstić information content (AvgIpc) is 2.61. The summed E-state index contributed by atoms with van der Waals surface area (Å²) in [7, 11) is 0. The third kappa shape index (κ3) is 1.83. The Labute approximate surface area is 113 Å². The number of halogens is 1. The van der Waals surface area contributed by atoms with Crippen LogP contribution < -0.4 is 0 Å². The number of benzene rings is 1. The summed E-state index contributed by atoms with van der Waals surface area (Å²) in [5, 5.41) is 19.7. The molecule has 96 valence electrons. The molecule has 2 aromatic rings. The van der Waals surface area contributed by atoms with Crippen molar-refractivity contribution in [2.45, 2.75) is 26.5 Å². The number of nitrogens with zero attached hydrogens (tertiary/aromatic N) is 1. The maximum Gasteiger partial charge on any atom is 0.337 e. The van der Waals surface area contributed by atoms with E-state index in [1.54, 1.807) is 0 Å². The molecule has 5 heteroatoms. The van der Waals surface area contributed by atoms with Gasteiger partial charge in [0, 0.05) is 33.2 Å². The van der Waals surface area contributed by atoms with Gasteiger partial charge in [-0.05, 0) is 26.0 Å². The minimum absolute atomic E-state index is 0.465. The largest absolute Gasteiger partial charge is 0.479 e. The van der Waals surface area contributed by atoms with E-state index in [0.717, 1.165) is 27.6 Å². The number of carbonyl (C=O) groups is 1. The fraction of sp³-hybridized carbons (Fsp3) is 0.308. The zero-order chi connectivity index (χ0) is 13.4. The maximum absolute atomic E-state index is 11.0. The van der Waals surface area contributed by atoms with Crippen molar-refractivity contribution in [3.8, 4) is 0 Å². The number of rotatable bonds is 3. The predicted molar refractivity (Wildman–Crippen MR) is 72.6 cm³/mol. The predicted octanol–water partition coefficient (Wildman–Crippen LogP) is 2.85. The standard InChI is InChI=1S/C13H14BrNO3/c1-3-15-7(2)10(12(16)13(17)18)11-8(14)5-4-6-9(11)15/h4-6,12,16H,3H2,1-2H3,(H,17,18). The Morgan fingerprint density at radius 2 is 2.17 bits per heavy atom. The van der Waals surface area contributed by atoms with Crippen LogP contribution in [0, 0.1) is 6.92 Å². The zero-order valence-electron chi connectivity index (χ0n) is 10.1. The van der Waals surface area contributed by atoms with E-state index in [4.69, 9.17) is 5.11 Å². The lowest BCUT2D eigenvalue weighted by Crippen LogP contribution is -2.12. The summed E-state index contributed by atoms with van der Waals surface area (Å²) in [5.74, 6) is -1.23. The summed E-state index contributed by atoms with van der Waals surface area (Å²) in [5.41, 5.74) is 2.18. The quantitative estimate of drug-likeness (QED) is 0.916. The zero-order valence-corrected chi connectivity index (χ0v) is 11.7. The van der Waals surface area contributed by atoms with Crippen LogP contribution in [0.5, 0.6) is 0 Å². The number of aryl methyl sites for hydroxylation is 1. The van der Waals surface area contributed by atoms with Crippen LogP contribution in [0.1, 0.15) is 24.3 Å². The van der Waals surface area contributed by atoms with Gasteiger partial charge in [-0.3, -0.25) is 0 Å². The van der Waals surface area contributed by atoms with Crippen LogP contribution in [0.3, 0.4) is 0 Å². The van der Waals surface area contributed by atoms with Gasteiger partial charge in [0.2, 0.25) is 0 Å². The molecule has 1 aromatic carbocycles. The summed E-state index contributed by atoms with van der Waals surface area (Å²) >= 11 is 3.42. The van der Waals surface area contributed by atoms with Crippen molar-refractivity contribution in [2.24, 2.45) is 0 Å². The van der Waals surface area contributed by atoms with Gasteiger partial charge >= 0.3 is 5.97 Å². The smallest absolute Gasteiger partial charge is 0.337 e. The van der Waals surface area contributed by atoms with E-state index in [-0.39, 0.29) is 0 Å². The van der Waals surface area contributed by atoms with E-state index >= 15 is 0 Å². The molecule has 18 heavy (non-hydrogen) atoms. The van der Waals surface area contributed by atoms with E-state index in [9.17, 15) is 9.90 Å². The van der Waals surface area contributed by atoms with Crippen molar-refractivity contribution in [1.29, 1.82) is 0 Å². The number of aliphatic hydroxyl groups excluding tert-OH is 1. The SMILES string of the molecule is CCn1c(C)c(C(O)C(=O)O)c2c(Br)cccc21. The number of hydrogen-bond donors (Lipinski definition) is 2. The normalized spacial score (nSPS) is 12.9. The molecule has 0 fully saturated rings. The molecule has 0 saturated heterocycles. The summed E-state index contributed by atoms with van der Waals surface area (Å²) in [6.45, 7) is 4.55. The van der Waals surface area contributed by atoms with Gasteiger partial charge in [-0.2, -0.15) is 0 Å². The summed E-state index contributed by atoms with van der Waals surface area (Å²) in [6, 6.07) is 5.67. The number of aromatic nitrogens is 1. The van der Waals surface area contributed by atoms with Crippen LogP contribution in [-0.4, -0.2) is 20.7 Å². The fourth-order valence-electron chi connectivity index (χ4n) is 2.38. The maximum atomic E-state index is 11.0. The Balaban J connectivity index is 2.87. The molecular weight excluding hydrogens is 298 g/mol. The Morgan fingerprint density at radius 1 is 1.50 bits per heavy atom. The Kier molecular flexibility index (Phi) is 3.45. The molecule has 0 aliphatic rings. The number of hydrogen-bond acceptors (Lipinski definition) is 2. The lowest BCUT2D eigenvalue weighted by molar-refractivity contribution is -0.146. The minimum atomic E-state index is -1.50. The molecule has 0 aliphatic carbocycles. The third-order valence-electron chi connectivity index (χ3n) is 3.17. The lowest BCUT2D eigenvalue weighted by Gasteiger charge is -2.07. The van der Waals surface area contributed by atoms with Gasteiger partial charge in [-0.15, -0.1) is 0 Å². The first kappa shape index (κ1) is 13.1. The van der Waals surface area contributed by atoms with Gasteiger partial charge in [-0.1, -0.05) is 22.0 Å². The summed E-state index contributed by atoms with van der Waals surface area (Å²) in [6.07, 6.45) is -1.50. The van der Waals surface area contributed by atoms with E-state index < -0.39 is 12.1 Å². The Bertz CT molecular complexity index is 618. The molecule has 0 aliphatic heterocycles. The molecule has 0 spiro atoms. The van der Waals surface area contributed by atoms with Gasteiger partial charge in [0.15, 0.2) is 6.10 Å². The van der Waals surface area contributed by atoms with Gasteiger partial charge in [0.25, 0.3) is 0 Å². The summed E-state index contributed by atoms with van der Waals surface area (Å²) in [4.78, 5) is 11.0. The molecule has 2 N–H and O–H groups in total. The fourth-order valence-corrected chi connectivity index (χ4v) is 2.95. The highest BCUT2D eigenvalue weighted by atomic mass is 79.9.